The molecule has 0 saturated heterocycles. The van der Waals surface area contributed by atoms with Crippen molar-refractivity contribution in [3.8, 4) is 11.3 Å². The van der Waals surface area contributed by atoms with Crippen LogP contribution >= 0.6 is 0 Å². The summed E-state index contributed by atoms with van der Waals surface area (Å²) in [5, 5.41) is 0.647. The van der Waals surface area contributed by atoms with Crippen LogP contribution in [0.25, 0.3) is 27.7 Å². The van der Waals surface area contributed by atoms with E-state index in [9.17, 15) is 4.79 Å². The molecule has 0 atom stereocenters. The number of nitrogens with zero attached hydrogens (tertiary/aromatic N) is 3. The highest BCUT2D eigenvalue weighted by Crippen LogP contribution is 2.23. The van der Waals surface area contributed by atoms with Gasteiger partial charge in [-0.15, -0.1) is 0 Å². The molecule has 0 spiro atoms. The second-order valence-electron chi connectivity index (χ2n) is 6.61. The zero-order valence-corrected chi connectivity index (χ0v) is 14.6. The Labute approximate surface area is 156 Å². The first-order valence-electron chi connectivity index (χ1n) is 8.89. The van der Waals surface area contributed by atoms with E-state index in [0.717, 1.165) is 27.9 Å². The second kappa shape index (κ2) is 6.25. The highest BCUT2D eigenvalue weighted by atomic mass is 16.1. The molecule has 0 radical (unpaired) electrons. The highest BCUT2D eigenvalue weighted by Gasteiger charge is 2.07. The Morgan fingerprint density at radius 2 is 1.74 bits per heavy atom. The minimum absolute atomic E-state index is 0.0147. The van der Waals surface area contributed by atoms with Crippen molar-refractivity contribution in [1.29, 1.82) is 0 Å². The van der Waals surface area contributed by atoms with Crippen LogP contribution in [0.5, 0.6) is 0 Å². The largest absolute Gasteiger partial charge is 0.317 e. The lowest BCUT2D eigenvalue weighted by molar-refractivity contribution is 0.748. The van der Waals surface area contributed by atoms with E-state index in [-0.39, 0.29) is 5.56 Å². The smallest absolute Gasteiger partial charge is 0.261 e. The number of benzene rings is 2. The second-order valence-corrected chi connectivity index (χ2v) is 6.61. The van der Waals surface area contributed by atoms with Crippen molar-refractivity contribution in [3.63, 3.8) is 0 Å². The van der Waals surface area contributed by atoms with Gasteiger partial charge in [-0.05, 0) is 53.6 Å². The van der Waals surface area contributed by atoms with Crippen molar-refractivity contribution in [1.82, 2.24) is 14.0 Å². The van der Waals surface area contributed by atoms with Crippen LogP contribution in [-0.4, -0.2) is 14.0 Å². The number of hydrogen-bond donors (Lipinski definition) is 0. The molecular formula is C23H17N3O. The molecule has 5 aromatic rings. The molecular weight excluding hydrogens is 334 g/mol. The van der Waals surface area contributed by atoms with Crippen LogP contribution in [0.15, 0.2) is 96.2 Å². The van der Waals surface area contributed by atoms with Crippen molar-refractivity contribution < 1.29 is 0 Å². The van der Waals surface area contributed by atoms with Gasteiger partial charge in [0.2, 0.25) is 0 Å². The third-order valence-electron chi connectivity index (χ3n) is 4.87. The van der Waals surface area contributed by atoms with Gasteiger partial charge in [0.25, 0.3) is 5.56 Å². The monoisotopic (exact) mass is 351 g/mol. The maximum Gasteiger partial charge on any atom is 0.261 e. The number of pyridine rings is 1. The summed E-state index contributed by atoms with van der Waals surface area (Å²) in [4.78, 5) is 17.2. The van der Waals surface area contributed by atoms with E-state index >= 15 is 0 Å². The Morgan fingerprint density at radius 3 is 2.70 bits per heavy atom. The molecule has 0 saturated carbocycles. The van der Waals surface area contributed by atoms with Crippen LogP contribution < -0.4 is 5.56 Å². The standard InChI is InChI=1S/C23H17N3O/c27-23-20-9-1-2-10-21(20)24-16-25(23)15-17-6-5-7-18(14-17)22-12-11-19-8-3-4-13-26(19)22/h1-14,16H,15H2. The summed E-state index contributed by atoms with van der Waals surface area (Å²) in [7, 11) is 0. The minimum atomic E-state index is -0.0147. The van der Waals surface area contributed by atoms with Crippen molar-refractivity contribution in [2.45, 2.75) is 6.54 Å². The fraction of sp³-hybridized carbons (Fsp3) is 0.0435. The van der Waals surface area contributed by atoms with Crippen LogP contribution in [-0.2, 0) is 6.54 Å². The molecule has 0 fully saturated rings. The summed E-state index contributed by atoms with van der Waals surface area (Å²) >= 11 is 0. The van der Waals surface area contributed by atoms with Gasteiger partial charge in [-0.25, -0.2) is 4.98 Å². The van der Waals surface area contributed by atoms with Crippen molar-refractivity contribution in [2.75, 3.05) is 0 Å². The van der Waals surface area contributed by atoms with Crippen LogP contribution in [0, 0.1) is 0 Å². The Morgan fingerprint density at radius 1 is 0.852 bits per heavy atom. The Hall–Kier alpha value is -3.66. The van der Waals surface area contributed by atoms with E-state index in [4.69, 9.17) is 0 Å². The van der Waals surface area contributed by atoms with Crippen molar-refractivity contribution >= 4 is 16.4 Å². The predicted octanol–water partition coefficient (Wildman–Crippen LogP) is 4.36. The van der Waals surface area contributed by atoms with Crippen LogP contribution in [0.4, 0.5) is 0 Å². The van der Waals surface area contributed by atoms with Gasteiger partial charge < -0.3 is 4.40 Å². The lowest BCUT2D eigenvalue weighted by atomic mass is 10.1. The van der Waals surface area contributed by atoms with Crippen molar-refractivity contribution in [3.05, 3.63) is 107 Å². The fourth-order valence-electron chi connectivity index (χ4n) is 3.54. The van der Waals surface area contributed by atoms with Gasteiger partial charge in [-0.2, -0.15) is 0 Å². The summed E-state index contributed by atoms with van der Waals surface area (Å²) in [6.45, 7) is 0.494. The molecule has 0 aliphatic heterocycles. The number of hydrogen-bond acceptors (Lipinski definition) is 2. The lowest BCUT2D eigenvalue weighted by Gasteiger charge is -2.09. The normalized spacial score (nSPS) is 11.3. The maximum absolute atomic E-state index is 12.7. The summed E-state index contributed by atoms with van der Waals surface area (Å²) in [5.74, 6) is 0. The SMILES string of the molecule is O=c1c2ccccc2ncn1Cc1cccc(-c2ccc3ccccn23)c1. The van der Waals surface area contributed by atoms with Crippen molar-refractivity contribution in [2.24, 2.45) is 0 Å². The molecule has 4 heteroatoms. The van der Waals surface area contributed by atoms with E-state index in [2.05, 4.69) is 45.9 Å². The van der Waals surface area contributed by atoms with E-state index in [1.807, 2.05) is 48.5 Å². The minimum Gasteiger partial charge on any atom is -0.317 e. The summed E-state index contributed by atoms with van der Waals surface area (Å²) < 4.78 is 3.83. The Kier molecular flexibility index (Phi) is 3.61. The third kappa shape index (κ3) is 2.72. The molecule has 130 valence electrons. The van der Waals surface area contributed by atoms with Gasteiger partial charge in [0.1, 0.15) is 0 Å². The van der Waals surface area contributed by atoms with Gasteiger partial charge in [-0.1, -0.05) is 36.4 Å². The van der Waals surface area contributed by atoms with Gasteiger partial charge in [-0.3, -0.25) is 9.36 Å². The average molecular weight is 351 g/mol. The number of para-hydroxylation sites is 1. The molecule has 5 rings (SSSR count). The highest BCUT2D eigenvalue weighted by molar-refractivity contribution is 5.77. The molecule has 0 aliphatic rings. The Bertz CT molecular complexity index is 1330. The zero-order chi connectivity index (χ0) is 18.2. The van der Waals surface area contributed by atoms with Gasteiger partial charge >= 0.3 is 0 Å². The summed E-state index contributed by atoms with van der Waals surface area (Å²) in [6.07, 6.45) is 3.69. The molecule has 0 N–H and O–H groups in total. The van der Waals surface area contributed by atoms with Gasteiger partial charge in [0.15, 0.2) is 0 Å². The molecule has 0 aliphatic carbocycles. The molecule has 4 nitrogen and oxygen atoms in total. The molecule has 3 heterocycles. The molecule has 0 bridgehead atoms. The quantitative estimate of drug-likeness (QED) is 0.484. The zero-order valence-electron chi connectivity index (χ0n) is 14.6. The van der Waals surface area contributed by atoms with Crippen LogP contribution in [0.1, 0.15) is 5.56 Å². The number of rotatable bonds is 3. The first-order valence-corrected chi connectivity index (χ1v) is 8.89. The number of aromatic nitrogens is 3. The maximum atomic E-state index is 12.7. The van der Waals surface area contributed by atoms with E-state index < -0.39 is 0 Å². The van der Waals surface area contributed by atoms with E-state index in [0.29, 0.717) is 11.9 Å². The first-order chi connectivity index (χ1) is 13.3. The molecule has 3 aromatic heterocycles. The van der Waals surface area contributed by atoms with Gasteiger partial charge in [0.05, 0.1) is 29.5 Å². The van der Waals surface area contributed by atoms with Gasteiger partial charge in [0, 0.05) is 11.7 Å². The molecule has 0 unspecified atom stereocenters. The third-order valence-corrected chi connectivity index (χ3v) is 4.87. The fourth-order valence-corrected chi connectivity index (χ4v) is 3.54. The van der Waals surface area contributed by atoms with Crippen LogP contribution in [0.2, 0.25) is 0 Å². The molecule has 2 aromatic carbocycles. The topological polar surface area (TPSA) is 39.3 Å². The number of fused-ring (bicyclic) bond motifs is 2. The Balaban J connectivity index is 1.55. The summed E-state index contributed by atoms with van der Waals surface area (Å²) in [6, 6.07) is 26.1. The molecule has 27 heavy (non-hydrogen) atoms. The van der Waals surface area contributed by atoms with E-state index in [1.54, 1.807) is 10.9 Å². The lowest BCUT2D eigenvalue weighted by Crippen LogP contribution is -2.21. The van der Waals surface area contributed by atoms with E-state index in [1.165, 1.54) is 0 Å². The first kappa shape index (κ1) is 15.6. The molecule has 0 amide bonds. The average Bonchev–Trinajstić information content (AvgIpc) is 3.15. The summed E-state index contributed by atoms with van der Waals surface area (Å²) in [5.41, 5.74) is 5.20. The predicted molar refractivity (Wildman–Crippen MR) is 108 cm³/mol. The van der Waals surface area contributed by atoms with Crippen LogP contribution in [0.3, 0.4) is 0 Å².